The van der Waals surface area contributed by atoms with E-state index in [-0.39, 0.29) is 0 Å². The molecule has 0 aromatic heterocycles. The van der Waals surface area contributed by atoms with Gasteiger partial charge < -0.3 is 24.6 Å². The summed E-state index contributed by atoms with van der Waals surface area (Å²) in [5, 5.41) is 3.47. The van der Waals surface area contributed by atoms with Crippen molar-refractivity contribution >= 4 is 5.96 Å². The number of nitrogens with zero attached hydrogens (tertiary/aromatic N) is 3. The number of hydrogen-bond donors (Lipinski definition) is 1. The topological polar surface area (TPSA) is 49.3 Å². The van der Waals surface area contributed by atoms with Gasteiger partial charge >= 0.3 is 0 Å². The zero-order chi connectivity index (χ0) is 19.4. The van der Waals surface area contributed by atoms with E-state index in [2.05, 4.69) is 50.0 Å². The molecule has 0 radical (unpaired) electrons. The summed E-state index contributed by atoms with van der Waals surface area (Å²) >= 11 is 0. The lowest BCUT2D eigenvalue weighted by Crippen LogP contribution is -2.47. The summed E-state index contributed by atoms with van der Waals surface area (Å²) < 4.78 is 11.1. The minimum Gasteiger partial charge on any atom is -0.385 e. The lowest BCUT2D eigenvalue weighted by Gasteiger charge is -2.34. The quantitative estimate of drug-likeness (QED) is 0.344. The zero-order valence-electron chi connectivity index (χ0n) is 18.0. The van der Waals surface area contributed by atoms with Crippen LogP contribution in [0.1, 0.15) is 46.5 Å². The van der Waals surface area contributed by atoms with Gasteiger partial charge in [-0.1, -0.05) is 13.8 Å². The van der Waals surface area contributed by atoms with E-state index in [4.69, 9.17) is 14.5 Å². The third kappa shape index (κ3) is 9.19. The molecule has 0 bridgehead atoms. The van der Waals surface area contributed by atoms with Crippen LogP contribution < -0.4 is 5.32 Å². The predicted octanol–water partition coefficient (Wildman–Crippen LogP) is 2.45. The molecule has 0 aromatic rings. The van der Waals surface area contributed by atoms with E-state index in [1.807, 2.05) is 0 Å². The minimum absolute atomic E-state index is 0.376. The number of nitrogens with one attached hydrogen (secondary N) is 1. The number of likely N-dealkylation sites (tertiary alicyclic amines) is 1. The molecule has 1 unspecified atom stereocenters. The van der Waals surface area contributed by atoms with Crippen LogP contribution in [0.4, 0.5) is 0 Å². The molecule has 0 saturated carbocycles. The van der Waals surface area contributed by atoms with Crippen molar-refractivity contribution in [1.82, 2.24) is 15.1 Å². The van der Waals surface area contributed by atoms with Crippen LogP contribution >= 0.6 is 0 Å². The van der Waals surface area contributed by atoms with Crippen molar-refractivity contribution in [2.24, 2.45) is 10.9 Å². The Morgan fingerprint density at radius 2 is 1.92 bits per heavy atom. The van der Waals surface area contributed by atoms with Crippen LogP contribution in [0, 0.1) is 5.92 Å². The van der Waals surface area contributed by atoms with Crippen LogP contribution in [-0.4, -0.2) is 88.5 Å². The van der Waals surface area contributed by atoms with Crippen molar-refractivity contribution in [3.8, 4) is 0 Å². The van der Waals surface area contributed by atoms with Crippen LogP contribution in [0.3, 0.4) is 0 Å². The summed E-state index contributed by atoms with van der Waals surface area (Å²) in [5.41, 5.74) is 0. The van der Waals surface area contributed by atoms with Crippen molar-refractivity contribution in [3.63, 3.8) is 0 Å². The third-order valence-electron chi connectivity index (χ3n) is 4.85. The molecule has 6 nitrogen and oxygen atoms in total. The van der Waals surface area contributed by atoms with Gasteiger partial charge in [0, 0.05) is 46.0 Å². The Kier molecular flexibility index (Phi) is 11.9. The van der Waals surface area contributed by atoms with E-state index in [0.29, 0.717) is 18.1 Å². The Morgan fingerprint density at radius 1 is 1.23 bits per heavy atom. The second-order valence-corrected chi connectivity index (χ2v) is 7.85. The summed E-state index contributed by atoms with van der Waals surface area (Å²) in [4.78, 5) is 9.64. The Labute approximate surface area is 161 Å². The lowest BCUT2D eigenvalue weighted by atomic mass is 10.0. The molecule has 1 atom stereocenters. The first-order valence-electron chi connectivity index (χ1n) is 10.3. The monoisotopic (exact) mass is 370 g/mol. The summed E-state index contributed by atoms with van der Waals surface area (Å²) in [5.74, 6) is 1.74. The van der Waals surface area contributed by atoms with Gasteiger partial charge in [0.2, 0.25) is 0 Å². The Morgan fingerprint density at radius 3 is 2.46 bits per heavy atom. The van der Waals surface area contributed by atoms with Crippen molar-refractivity contribution in [2.75, 3.05) is 60.6 Å². The first kappa shape index (κ1) is 23.2. The number of aliphatic imine (C=N–C) groups is 1. The molecule has 1 heterocycles. The predicted molar refractivity (Wildman–Crippen MR) is 110 cm³/mol. The average molecular weight is 371 g/mol. The Bertz CT molecular complexity index is 380. The van der Waals surface area contributed by atoms with Gasteiger partial charge in [0.15, 0.2) is 5.96 Å². The summed E-state index contributed by atoms with van der Waals surface area (Å²) in [7, 11) is 6.05. The van der Waals surface area contributed by atoms with Crippen molar-refractivity contribution in [2.45, 2.75) is 58.6 Å². The van der Waals surface area contributed by atoms with Gasteiger partial charge in [-0.15, -0.1) is 0 Å². The van der Waals surface area contributed by atoms with Gasteiger partial charge in [0.05, 0.1) is 12.6 Å². The highest BCUT2D eigenvalue weighted by Crippen LogP contribution is 2.15. The molecule has 1 N–H and O–H groups in total. The number of piperidine rings is 1. The standard InChI is InChI=1S/C20H42N4O2/c1-7-21-20(22-16-18(23(4)5)15-17(2)3)24-11-9-19(10-12-24)26-14-8-13-25-6/h17-19H,7-16H2,1-6H3,(H,21,22). The first-order valence-corrected chi connectivity index (χ1v) is 10.3. The molecule has 0 spiro atoms. The highest BCUT2D eigenvalue weighted by atomic mass is 16.5. The second-order valence-electron chi connectivity index (χ2n) is 7.85. The molecule has 0 aromatic carbocycles. The number of methoxy groups -OCH3 is 1. The van der Waals surface area contributed by atoms with Crippen LogP contribution in [0.5, 0.6) is 0 Å². The lowest BCUT2D eigenvalue weighted by molar-refractivity contribution is 0.00989. The number of rotatable bonds is 11. The Hall–Kier alpha value is -0.850. The number of guanidine groups is 1. The summed E-state index contributed by atoms with van der Waals surface area (Å²) in [6.45, 7) is 12.1. The van der Waals surface area contributed by atoms with Crippen LogP contribution in [0.25, 0.3) is 0 Å². The van der Waals surface area contributed by atoms with Gasteiger partial charge in [-0.25, -0.2) is 0 Å². The smallest absolute Gasteiger partial charge is 0.193 e. The molecular weight excluding hydrogens is 328 g/mol. The van der Waals surface area contributed by atoms with E-state index in [9.17, 15) is 0 Å². The minimum atomic E-state index is 0.376. The molecule has 26 heavy (non-hydrogen) atoms. The molecule has 154 valence electrons. The van der Waals surface area contributed by atoms with E-state index in [1.165, 1.54) is 6.42 Å². The van der Waals surface area contributed by atoms with Gasteiger partial charge in [-0.2, -0.15) is 0 Å². The Balaban J connectivity index is 2.51. The zero-order valence-corrected chi connectivity index (χ0v) is 18.0. The normalized spacial score (nSPS) is 18.0. The van der Waals surface area contributed by atoms with Gasteiger partial charge in [0.25, 0.3) is 0 Å². The number of ether oxygens (including phenoxy) is 2. The maximum atomic E-state index is 5.97. The highest BCUT2D eigenvalue weighted by Gasteiger charge is 2.22. The van der Waals surface area contributed by atoms with Gasteiger partial charge in [-0.05, 0) is 52.6 Å². The van der Waals surface area contributed by atoms with E-state index >= 15 is 0 Å². The maximum Gasteiger partial charge on any atom is 0.193 e. The number of hydrogen-bond acceptors (Lipinski definition) is 4. The average Bonchev–Trinajstić information content (AvgIpc) is 2.61. The first-order chi connectivity index (χ1) is 12.5. The van der Waals surface area contributed by atoms with Crippen molar-refractivity contribution in [3.05, 3.63) is 0 Å². The fourth-order valence-corrected chi connectivity index (χ4v) is 3.30. The van der Waals surface area contributed by atoms with Gasteiger partial charge in [-0.3, -0.25) is 4.99 Å². The molecule has 1 fully saturated rings. The molecule has 1 rings (SSSR count). The fraction of sp³-hybridized carbons (Fsp3) is 0.950. The largest absolute Gasteiger partial charge is 0.385 e. The van der Waals surface area contributed by atoms with E-state index < -0.39 is 0 Å². The van der Waals surface area contributed by atoms with Crippen molar-refractivity contribution < 1.29 is 9.47 Å². The molecule has 0 aliphatic carbocycles. The number of likely N-dealkylation sites (N-methyl/N-ethyl adjacent to an activating group) is 1. The molecule has 1 aliphatic rings. The van der Waals surface area contributed by atoms with Crippen molar-refractivity contribution in [1.29, 1.82) is 0 Å². The second kappa shape index (κ2) is 13.3. The SMILES string of the molecule is CCNC(=NCC(CC(C)C)N(C)C)N1CCC(OCCCOC)CC1. The van der Waals surface area contributed by atoms with Crippen LogP contribution in [-0.2, 0) is 9.47 Å². The van der Waals surface area contributed by atoms with E-state index in [1.54, 1.807) is 7.11 Å². The molecular formula is C20H42N4O2. The maximum absolute atomic E-state index is 5.97. The van der Waals surface area contributed by atoms with Gasteiger partial charge in [0.1, 0.15) is 0 Å². The molecule has 1 saturated heterocycles. The highest BCUT2D eigenvalue weighted by molar-refractivity contribution is 5.80. The molecule has 1 aliphatic heterocycles. The summed E-state index contributed by atoms with van der Waals surface area (Å²) in [6, 6.07) is 0.491. The summed E-state index contributed by atoms with van der Waals surface area (Å²) in [6.07, 6.45) is 4.66. The van der Waals surface area contributed by atoms with Crippen LogP contribution in [0.15, 0.2) is 4.99 Å². The third-order valence-corrected chi connectivity index (χ3v) is 4.85. The van der Waals surface area contributed by atoms with E-state index in [0.717, 1.165) is 64.6 Å². The van der Waals surface area contributed by atoms with Crippen LogP contribution in [0.2, 0.25) is 0 Å². The molecule has 6 heteroatoms. The fourth-order valence-electron chi connectivity index (χ4n) is 3.30. The molecule has 0 amide bonds.